The summed E-state index contributed by atoms with van der Waals surface area (Å²) in [7, 11) is 2.23. The van der Waals surface area contributed by atoms with Crippen LogP contribution in [0.25, 0.3) is 0 Å². The van der Waals surface area contributed by atoms with Crippen LogP contribution in [0.5, 0.6) is 0 Å². The van der Waals surface area contributed by atoms with E-state index in [9.17, 15) is 0 Å². The molecular weight excluding hydrogens is 224 g/mol. The van der Waals surface area contributed by atoms with E-state index >= 15 is 0 Å². The van der Waals surface area contributed by atoms with Gasteiger partial charge in [-0.15, -0.1) is 0 Å². The summed E-state index contributed by atoms with van der Waals surface area (Å²) in [6.07, 6.45) is 2.37. The van der Waals surface area contributed by atoms with Crippen LogP contribution in [0.3, 0.4) is 0 Å². The predicted molar refractivity (Wildman–Crippen MR) is 78.0 cm³/mol. The van der Waals surface area contributed by atoms with E-state index in [2.05, 4.69) is 45.0 Å². The molecule has 1 saturated heterocycles. The highest BCUT2D eigenvalue weighted by atomic mass is 16.5. The summed E-state index contributed by atoms with van der Waals surface area (Å²) in [5.74, 6) is 0.637. The van der Waals surface area contributed by atoms with Crippen molar-refractivity contribution in [2.24, 2.45) is 11.3 Å². The lowest BCUT2D eigenvalue weighted by Crippen LogP contribution is -2.48. The molecule has 3 heteroatoms. The quantitative estimate of drug-likeness (QED) is 0.789. The van der Waals surface area contributed by atoms with E-state index in [-0.39, 0.29) is 0 Å². The van der Waals surface area contributed by atoms with Crippen molar-refractivity contribution < 1.29 is 4.74 Å². The van der Waals surface area contributed by atoms with E-state index in [0.717, 1.165) is 39.3 Å². The third kappa shape index (κ3) is 6.17. The van der Waals surface area contributed by atoms with E-state index in [0.29, 0.717) is 17.4 Å². The van der Waals surface area contributed by atoms with E-state index < -0.39 is 0 Å². The van der Waals surface area contributed by atoms with E-state index in [4.69, 9.17) is 4.74 Å². The van der Waals surface area contributed by atoms with E-state index in [1.165, 1.54) is 6.42 Å². The molecule has 1 N–H and O–H groups in total. The SMILES string of the molecule is CCCNC1CCOCC1CN(C)CC(C)(C)C. The van der Waals surface area contributed by atoms with Crippen LogP contribution in [-0.4, -0.2) is 50.8 Å². The largest absolute Gasteiger partial charge is 0.381 e. The number of nitrogens with one attached hydrogen (secondary N) is 1. The number of ether oxygens (including phenoxy) is 1. The lowest BCUT2D eigenvalue weighted by Gasteiger charge is -2.36. The molecule has 18 heavy (non-hydrogen) atoms. The second kappa shape index (κ2) is 7.46. The number of nitrogens with zero attached hydrogens (tertiary/aromatic N) is 1. The highest BCUT2D eigenvalue weighted by Crippen LogP contribution is 2.19. The maximum Gasteiger partial charge on any atom is 0.0521 e. The molecule has 1 aliphatic heterocycles. The molecule has 0 aliphatic carbocycles. The van der Waals surface area contributed by atoms with Crippen LogP contribution in [0.2, 0.25) is 0 Å². The minimum Gasteiger partial charge on any atom is -0.381 e. The molecule has 2 atom stereocenters. The molecule has 0 amide bonds. The van der Waals surface area contributed by atoms with Crippen LogP contribution in [0, 0.1) is 11.3 Å². The van der Waals surface area contributed by atoms with Gasteiger partial charge in [-0.3, -0.25) is 0 Å². The highest BCUT2D eigenvalue weighted by molar-refractivity contribution is 4.82. The first-order valence-electron chi connectivity index (χ1n) is 7.42. The highest BCUT2D eigenvalue weighted by Gasteiger charge is 2.27. The first kappa shape index (κ1) is 15.9. The normalized spacial score (nSPS) is 25.7. The standard InChI is InChI=1S/C15H32N2O/c1-6-8-16-14-7-9-18-11-13(14)10-17(5)12-15(2,3)4/h13-14,16H,6-12H2,1-5H3. The molecule has 2 unspecified atom stereocenters. The number of hydrogen-bond donors (Lipinski definition) is 1. The fourth-order valence-electron chi connectivity index (χ4n) is 2.85. The molecule has 1 rings (SSSR count). The summed E-state index contributed by atoms with van der Waals surface area (Å²) in [4.78, 5) is 2.46. The summed E-state index contributed by atoms with van der Waals surface area (Å²) in [5.41, 5.74) is 0.372. The van der Waals surface area contributed by atoms with Gasteiger partial charge in [-0.1, -0.05) is 27.7 Å². The molecule has 1 aliphatic rings. The van der Waals surface area contributed by atoms with Gasteiger partial charge in [0.25, 0.3) is 0 Å². The minimum atomic E-state index is 0.372. The minimum absolute atomic E-state index is 0.372. The van der Waals surface area contributed by atoms with Crippen LogP contribution in [0.4, 0.5) is 0 Å². The molecule has 108 valence electrons. The molecule has 3 nitrogen and oxygen atoms in total. The summed E-state index contributed by atoms with van der Waals surface area (Å²) >= 11 is 0. The monoisotopic (exact) mass is 256 g/mol. The number of rotatable bonds is 6. The Morgan fingerprint density at radius 2 is 2.06 bits per heavy atom. The molecule has 1 fully saturated rings. The predicted octanol–water partition coefficient (Wildman–Crippen LogP) is 2.37. The Bertz CT molecular complexity index is 225. The van der Waals surface area contributed by atoms with Crippen molar-refractivity contribution in [2.75, 3.05) is 39.9 Å². The lowest BCUT2D eigenvalue weighted by atomic mass is 9.92. The molecule has 0 aromatic carbocycles. The third-order valence-electron chi connectivity index (χ3n) is 3.42. The maximum absolute atomic E-state index is 5.66. The third-order valence-corrected chi connectivity index (χ3v) is 3.42. The van der Waals surface area contributed by atoms with Gasteiger partial charge in [0.15, 0.2) is 0 Å². The van der Waals surface area contributed by atoms with Gasteiger partial charge in [-0.25, -0.2) is 0 Å². The fourth-order valence-corrected chi connectivity index (χ4v) is 2.85. The Morgan fingerprint density at radius 1 is 1.33 bits per heavy atom. The van der Waals surface area contributed by atoms with Crippen LogP contribution in [0.1, 0.15) is 40.5 Å². The van der Waals surface area contributed by atoms with E-state index in [1.54, 1.807) is 0 Å². The molecule has 1 heterocycles. The van der Waals surface area contributed by atoms with Crippen LogP contribution >= 0.6 is 0 Å². The molecule has 0 aromatic heterocycles. The second-order valence-corrected chi connectivity index (χ2v) is 6.94. The molecule has 0 aromatic rings. The van der Waals surface area contributed by atoms with Gasteiger partial charge in [-0.2, -0.15) is 0 Å². The Hall–Kier alpha value is -0.120. The number of hydrogen-bond acceptors (Lipinski definition) is 3. The maximum atomic E-state index is 5.66. The van der Waals surface area contributed by atoms with Crippen molar-refractivity contribution in [3.8, 4) is 0 Å². The van der Waals surface area contributed by atoms with Gasteiger partial charge in [0.2, 0.25) is 0 Å². The molecular formula is C15H32N2O. The summed E-state index contributed by atoms with van der Waals surface area (Å²) in [5, 5.41) is 3.68. The van der Waals surface area contributed by atoms with Crippen LogP contribution in [0.15, 0.2) is 0 Å². The topological polar surface area (TPSA) is 24.5 Å². The Balaban J connectivity index is 2.40. The Morgan fingerprint density at radius 3 is 2.67 bits per heavy atom. The summed E-state index contributed by atoms with van der Waals surface area (Å²) < 4.78 is 5.66. The van der Waals surface area contributed by atoms with Gasteiger partial charge in [0.05, 0.1) is 6.61 Å². The smallest absolute Gasteiger partial charge is 0.0521 e. The fraction of sp³-hybridized carbons (Fsp3) is 1.00. The van der Waals surface area contributed by atoms with Gasteiger partial charge < -0.3 is 15.0 Å². The lowest BCUT2D eigenvalue weighted by molar-refractivity contribution is 0.0164. The van der Waals surface area contributed by atoms with Gasteiger partial charge in [0.1, 0.15) is 0 Å². The zero-order valence-corrected chi connectivity index (χ0v) is 13.0. The van der Waals surface area contributed by atoms with Crippen molar-refractivity contribution >= 4 is 0 Å². The second-order valence-electron chi connectivity index (χ2n) is 6.94. The Kier molecular flexibility index (Phi) is 6.61. The van der Waals surface area contributed by atoms with Gasteiger partial charge >= 0.3 is 0 Å². The van der Waals surface area contributed by atoms with Crippen molar-refractivity contribution in [1.82, 2.24) is 10.2 Å². The first-order valence-corrected chi connectivity index (χ1v) is 7.42. The zero-order valence-electron chi connectivity index (χ0n) is 13.0. The Labute approximate surface area is 113 Å². The van der Waals surface area contributed by atoms with Crippen molar-refractivity contribution in [3.05, 3.63) is 0 Å². The van der Waals surface area contributed by atoms with Crippen molar-refractivity contribution in [1.29, 1.82) is 0 Å². The average Bonchev–Trinajstić information content (AvgIpc) is 2.25. The summed E-state index contributed by atoms with van der Waals surface area (Å²) in [6, 6.07) is 0.640. The van der Waals surface area contributed by atoms with Crippen LogP contribution in [-0.2, 0) is 4.74 Å². The summed E-state index contributed by atoms with van der Waals surface area (Å²) in [6.45, 7) is 14.4. The zero-order chi connectivity index (χ0) is 13.6. The van der Waals surface area contributed by atoms with Crippen LogP contribution < -0.4 is 5.32 Å². The average molecular weight is 256 g/mol. The van der Waals surface area contributed by atoms with Crippen molar-refractivity contribution in [3.63, 3.8) is 0 Å². The van der Waals surface area contributed by atoms with Gasteiger partial charge in [-0.05, 0) is 31.8 Å². The molecule has 0 saturated carbocycles. The van der Waals surface area contributed by atoms with Crippen molar-refractivity contribution in [2.45, 2.75) is 46.6 Å². The van der Waals surface area contributed by atoms with Gasteiger partial charge in [0, 0.05) is 31.7 Å². The molecule has 0 spiro atoms. The molecule has 0 radical (unpaired) electrons. The first-order chi connectivity index (χ1) is 8.42. The van der Waals surface area contributed by atoms with E-state index in [1.807, 2.05) is 0 Å². The molecule has 0 bridgehead atoms.